The van der Waals surface area contributed by atoms with E-state index in [0.29, 0.717) is 0 Å². The van der Waals surface area contributed by atoms with Crippen molar-refractivity contribution < 1.29 is 13.5 Å². The van der Waals surface area contributed by atoms with Gasteiger partial charge in [0, 0.05) is 5.92 Å². The third-order valence-corrected chi connectivity index (χ3v) is 6.11. The second kappa shape index (κ2) is 5.50. The molecule has 0 unspecified atom stereocenters. The molecule has 5 heteroatoms. The molecule has 116 valence electrons. The van der Waals surface area contributed by atoms with E-state index in [0.717, 1.165) is 11.1 Å². The smallest absolute Gasteiger partial charge is 0.245 e. The van der Waals surface area contributed by atoms with Crippen molar-refractivity contribution >= 4 is 10.0 Å². The highest BCUT2D eigenvalue weighted by Crippen LogP contribution is 2.46. The number of aliphatic hydroxyl groups excluding tert-OH is 1. The summed E-state index contributed by atoms with van der Waals surface area (Å²) in [5.74, 6) is -0.136. The summed E-state index contributed by atoms with van der Waals surface area (Å²) in [6.45, 7) is 3.77. The quantitative estimate of drug-likeness (QED) is 0.947. The average molecular weight is 317 g/mol. The Morgan fingerprint density at radius 3 is 2.18 bits per heavy atom. The minimum absolute atomic E-state index is 0.136. The molecule has 0 spiro atoms. The number of aryl methyl sites for hydroxylation is 1. The van der Waals surface area contributed by atoms with Gasteiger partial charge >= 0.3 is 0 Å². The van der Waals surface area contributed by atoms with E-state index in [4.69, 9.17) is 0 Å². The summed E-state index contributed by atoms with van der Waals surface area (Å²) in [6, 6.07) is 15.8. The molecule has 0 aromatic heterocycles. The van der Waals surface area contributed by atoms with Crippen LogP contribution in [-0.4, -0.2) is 24.1 Å². The zero-order valence-corrected chi connectivity index (χ0v) is 13.4. The SMILES string of the molecule is Cc1ccc(S(=O)(=O)N2[C@H](c3ccccc3)[C@@H](C)[C@@H]2O)cc1. The fourth-order valence-corrected chi connectivity index (χ4v) is 4.73. The van der Waals surface area contributed by atoms with Crippen molar-refractivity contribution in [2.45, 2.75) is 31.0 Å². The van der Waals surface area contributed by atoms with Gasteiger partial charge in [0.25, 0.3) is 0 Å². The van der Waals surface area contributed by atoms with Gasteiger partial charge in [-0.25, -0.2) is 8.42 Å². The fraction of sp³-hybridized carbons (Fsp3) is 0.294. The standard InChI is InChI=1S/C17H19NO3S/c1-12-8-10-15(11-9-12)22(20,21)18-16(13(2)17(18)19)14-6-4-3-5-7-14/h3-11,13,16-17,19H,1-2H3/t13-,16+,17+/m1/s1. The number of hydrogen-bond acceptors (Lipinski definition) is 3. The number of aliphatic hydroxyl groups is 1. The molecular weight excluding hydrogens is 298 g/mol. The summed E-state index contributed by atoms with van der Waals surface area (Å²) in [7, 11) is -3.72. The number of benzene rings is 2. The minimum Gasteiger partial charge on any atom is -0.377 e. The first kappa shape index (κ1) is 15.2. The van der Waals surface area contributed by atoms with E-state index in [-0.39, 0.29) is 16.9 Å². The van der Waals surface area contributed by atoms with Crippen LogP contribution >= 0.6 is 0 Å². The van der Waals surface area contributed by atoms with Crippen molar-refractivity contribution in [3.8, 4) is 0 Å². The molecule has 1 fully saturated rings. The molecule has 1 saturated heterocycles. The summed E-state index contributed by atoms with van der Waals surface area (Å²) < 4.78 is 26.9. The Morgan fingerprint density at radius 1 is 1.00 bits per heavy atom. The van der Waals surface area contributed by atoms with Crippen LogP contribution in [0.1, 0.15) is 24.1 Å². The lowest BCUT2D eigenvalue weighted by atomic mass is 9.86. The zero-order chi connectivity index (χ0) is 15.9. The Hall–Kier alpha value is -1.69. The summed E-state index contributed by atoms with van der Waals surface area (Å²) >= 11 is 0. The number of sulfonamides is 1. The van der Waals surface area contributed by atoms with Crippen LogP contribution in [0, 0.1) is 12.8 Å². The number of nitrogens with zero attached hydrogens (tertiary/aromatic N) is 1. The van der Waals surface area contributed by atoms with Crippen LogP contribution < -0.4 is 0 Å². The van der Waals surface area contributed by atoms with Crippen molar-refractivity contribution in [1.82, 2.24) is 4.31 Å². The van der Waals surface area contributed by atoms with E-state index in [1.54, 1.807) is 24.3 Å². The molecule has 22 heavy (non-hydrogen) atoms. The normalized spacial score (nSPS) is 25.7. The van der Waals surface area contributed by atoms with E-state index >= 15 is 0 Å². The summed E-state index contributed by atoms with van der Waals surface area (Å²) in [4.78, 5) is 0.213. The highest BCUT2D eigenvalue weighted by Gasteiger charge is 2.52. The molecular formula is C17H19NO3S. The molecule has 0 aliphatic carbocycles. The van der Waals surface area contributed by atoms with Crippen molar-refractivity contribution in [1.29, 1.82) is 0 Å². The zero-order valence-electron chi connectivity index (χ0n) is 12.5. The lowest BCUT2D eigenvalue weighted by molar-refractivity contribution is -0.115. The van der Waals surface area contributed by atoms with Crippen LogP contribution in [0.2, 0.25) is 0 Å². The Kier molecular flexibility index (Phi) is 3.80. The fourth-order valence-electron chi connectivity index (χ4n) is 2.91. The van der Waals surface area contributed by atoms with Crippen LogP contribution in [0.25, 0.3) is 0 Å². The summed E-state index contributed by atoms with van der Waals surface area (Å²) in [5.41, 5.74) is 1.90. The second-order valence-corrected chi connectivity index (χ2v) is 7.62. The molecule has 0 saturated carbocycles. The van der Waals surface area contributed by atoms with Gasteiger partial charge in [-0.3, -0.25) is 0 Å². The number of rotatable bonds is 3. The van der Waals surface area contributed by atoms with Gasteiger partial charge in [0.15, 0.2) is 0 Å². The maximum Gasteiger partial charge on any atom is 0.245 e. The van der Waals surface area contributed by atoms with Gasteiger partial charge in [-0.2, -0.15) is 4.31 Å². The van der Waals surface area contributed by atoms with Gasteiger partial charge in [-0.1, -0.05) is 55.0 Å². The van der Waals surface area contributed by atoms with Gasteiger partial charge in [0.1, 0.15) is 6.23 Å². The first-order valence-corrected chi connectivity index (χ1v) is 8.70. The molecule has 0 radical (unpaired) electrons. The molecule has 2 aromatic rings. The largest absolute Gasteiger partial charge is 0.377 e. The van der Waals surface area contributed by atoms with Gasteiger partial charge in [-0.15, -0.1) is 0 Å². The topological polar surface area (TPSA) is 57.6 Å². The lowest BCUT2D eigenvalue weighted by Crippen LogP contribution is -2.59. The molecule has 0 bridgehead atoms. The van der Waals surface area contributed by atoms with Crippen LogP contribution in [0.5, 0.6) is 0 Å². The average Bonchev–Trinajstić information content (AvgIpc) is 2.52. The lowest BCUT2D eigenvalue weighted by Gasteiger charge is -2.49. The van der Waals surface area contributed by atoms with Crippen molar-refractivity contribution in [2.24, 2.45) is 5.92 Å². The molecule has 1 aliphatic rings. The molecule has 0 amide bonds. The predicted octanol–water partition coefficient (Wildman–Crippen LogP) is 2.70. The van der Waals surface area contributed by atoms with Crippen molar-refractivity contribution in [3.63, 3.8) is 0 Å². The third-order valence-electron chi connectivity index (χ3n) is 4.24. The molecule has 1 heterocycles. The first-order valence-electron chi connectivity index (χ1n) is 7.26. The van der Waals surface area contributed by atoms with E-state index in [9.17, 15) is 13.5 Å². The maximum atomic E-state index is 12.8. The Balaban J connectivity index is 2.00. The summed E-state index contributed by atoms with van der Waals surface area (Å²) in [6.07, 6.45) is -0.989. The maximum absolute atomic E-state index is 12.8. The molecule has 2 aromatic carbocycles. The van der Waals surface area contributed by atoms with Gasteiger partial charge in [0.2, 0.25) is 10.0 Å². The molecule has 3 atom stereocenters. The Bertz CT molecular complexity index is 756. The van der Waals surface area contributed by atoms with E-state index in [1.807, 2.05) is 44.2 Å². The number of hydrogen-bond donors (Lipinski definition) is 1. The van der Waals surface area contributed by atoms with Crippen molar-refractivity contribution in [3.05, 3.63) is 65.7 Å². The van der Waals surface area contributed by atoms with Gasteiger partial charge in [0.05, 0.1) is 10.9 Å². The third kappa shape index (κ3) is 2.35. The molecule has 1 N–H and O–H groups in total. The predicted molar refractivity (Wildman–Crippen MR) is 84.6 cm³/mol. The Morgan fingerprint density at radius 2 is 1.59 bits per heavy atom. The van der Waals surface area contributed by atoms with Crippen molar-refractivity contribution in [2.75, 3.05) is 0 Å². The van der Waals surface area contributed by atoms with Crippen LogP contribution in [-0.2, 0) is 10.0 Å². The van der Waals surface area contributed by atoms with E-state index < -0.39 is 16.3 Å². The minimum atomic E-state index is -3.72. The van der Waals surface area contributed by atoms with Crippen LogP contribution in [0.15, 0.2) is 59.5 Å². The monoisotopic (exact) mass is 317 g/mol. The molecule has 1 aliphatic heterocycles. The first-order chi connectivity index (χ1) is 10.4. The second-order valence-electron chi connectivity index (χ2n) is 5.78. The van der Waals surface area contributed by atoms with Gasteiger partial charge < -0.3 is 5.11 Å². The van der Waals surface area contributed by atoms with Gasteiger partial charge in [-0.05, 0) is 24.6 Å². The highest BCUT2D eigenvalue weighted by molar-refractivity contribution is 7.89. The van der Waals surface area contributed by atoms with E-state index in [2.05, 4.69) is 0 Å². The Labute approximate surface area is 131 Å². The molecule has 3 rings (SSSR count). The van der Waals surface area contributed by atoms with Crippen LogP contribution in [0.3, 0.4) is 0 Å². The van der Waals surface area contributed by atoms with E-state index in [1.165, 1.54) is 4.31 Å². The highest BCUT2D eigenvalue weighted by atomic mass is 32.2. The van der Waals surface area contributed by atoms with Crippen LogP contribution in [0.4, 0.5) is 0 Å². The molecule has 4 nitrogen and oxygen atoms in total. The summed E-state index contributed by atoms with van der Waals surface area (Å²) in [5, 5.41) is 10.2.